The zero-order valence-electron chi connectivity index (χ0n) is 11.4. The number of oxazole rings is 1. The van der Waals surface area contributed by atoms with Gasteiger partial charge in [0.15, 0.2) is 11.6 Å². The summed E-state index contributed by atoms with van der Waals surface area (Å²) in [5.41, 5.74) is 0.981. The SMILES string of the molecule is O=C(Nc1ccc(Cl)cc1)c1coc(C2CCNCC2)n1. The van der Waals surface area contributed by atoms with Gasteiger partial charge in [-0.05, 0) is 50.2 Å². The lowest BCUT2D eigenvalue weighted by Crippen LogP contribution is -2.26. The van der Waals surface area contributed by atoms with Crippen LogP contribution in [0.5, 0.6) is 0 Å². The van der Waals surface area contributed by atoms with Gasteiger partial charge in [-0.15, -0.1) is 0 Å². The van der Waals surface area contributed by atoms with Crippen LogP contribution in [0.1, 0.15) is 35.1 Å². The molecular formula is C15H16ClN3O2. The number of aromatic nitrogens is 1. The molecule has 0 unspecified atom stereocenters. The molecule has 2 N–H and O–H groups in total. The lowest BCUT2D eigenvalue weighted by Gasteiger charge is -2.19. The number of amides is 1. The molecule has 1 aliphatic heterocycles. The Morgan fingerprint density at radius 1 is 1.29 bits per heavy atom. The highest BCUT2D eigenvalue weighted by Gasteiger charge is 2.21. The van der Waals surface area contributed by atoms with Gasteiger partial charge in [0.25, 0.3) is 5.91 Å². The van der Waals surface area contributed by atoms with Gasteiger partial charge in [0.2, 0.25) is 0 Å². The van der Waals surface area contributed by atoms with Crippen molar-refractivity contribution in [3.05, 3.63) is 47.1 Å². The minimum absolute atomic E-state index is 0.277. The zero-order valence-corrected chi connectivity index (χ0v) is 12.2. The summed E-state index contributed by atoms with van der Waals surface area (Å²) < 4.78 is 5.46. The average molecular weight is 306 g/mol. The van der Waals surface area contributed by atoms with Gasteiger partial charge in [0.1, 0.15) is 6.26 Å². The number of nitrogens with one attached hydrogen (secondary N) is 2. The first kappa shape index (κ1) is 14.1. The Hall–Kier alpha value is -1.85. The molecule has 2 aromatic rings. The number of carbonyl (C=O) groups is 1. The minimum Gasteiger partial charge on any atom is -0.448 e. The predicted octanol–water partition coefficient (Wildman–Crippen LogP) is 3.05. The maximum atomic E-state index is 12.1. The Morgan fingerprint density at radius 2 is 2.00 bits per heavy atom. The van der Waals surface area contributed by atoms with Crippen molar-refractivity contribution < 1.29 is 9.21 Å². The first-order valence-electron chi connectivity index (χ1n) is 6.95. The average Bonchev–Trinajstić information content (AvgIpc) is 3.00. The van der Waals surface area contributed by atoms with Gasteiger partial charge in [-0.3, -0.25) is 4.79 Å². The Labute approximate surface area is 127 Å². The van der Waals surface area contributed by atoms with Crippen molar-refractivity contribution in [1.82, 2.24) is 10.3 Å². The second kappa shape index (κ2) is 6.28. The molecule has 2 heterocycles. The first-order chi connectivity index (χ1) is 10.2. The van der Waals surface area contributed by atoms with E-state index in [0.29, 0.717) is 28.2 Å². The summed E-state index contributed by atoms with van der Waals surface area (Å²) in [6.45, 7) is 1.92. The van der Waals surface area contributed by atoms with Crippen molar-refractivity contribution in [2.45, 2.75) is 18.8 Å². The topological polar surface area (TPSA) is 67.2 Å². The fourth-order valence-electron chi connectivity index (χ4n) is 2.38. The number of benzene rings is 1. The molecule has 1 amide bonds. The second-order valence-corrected chi connectivity index (χ2v) is 5.49. The van der Waals surface area contributed by atoms with Crippen LogP contribution in [0, 0.1) is 0 Å². The molecule has 0 saturated carbocycles. The minimum atomic E-state index is -0.277. The van der Waals surface area contributed by atoms with Crippen LogP contribution in [0.15, 0.2) is 34.9 Å². The van der Waals surface area contributed by atoms with E-state index in [-0.39, 0.29) is 5.91 Å². The third-order valence-electron chi connectivity index (χ3n) is 3.55. The summed E-state index contributed by atoms with van der Waals surface area (Å²) in [7, 11) is 0. The third-order valence-corrected chi connectivity index (χ3v) is 3.80. The molecule has 1 aromatic heterocycles. The molecule has 1 aliphatic rings. The standard InChI is InChI=1S/C15H16ClN3O2/c16-11-1-3-12(4-2-11)18-14(20)13-9-21-15(19-13)10-5-7-17-8-6-10/h1-4,9-10,17H,5-8H2,(H,18,20). The van der Waals surface area contributed by atoms with Crippen molar-refractivity contribution in [3.63, 3.8) is 0 Å². The lowest BCUT2D eigenvalue weighted by atomic mass is 9.98. The molecule has 0 atom stereocenters. The van der Waals surface area contributed by atoms with E-state index in [4.69, 9.17) is 16.0 Å². The molecule has 3 rings (SSSR count). The molecule has 0 spiro atoms. The molecule has 0 aliphatic carbocycles. The number of anilines is 1. The molecule has 0 radical (unpaired) electrons. The molecular weight excluding hydrogens is 290 g/mol. The number of halogens is 1. The van der Waals surface area contributed by atoms with Gasteiger partial charge in [0, 0.05) is 16.6 Å². The fraction of sp³-hybridized carbons (Fsp3) is 0.333. The van der Waals surface area contributed by atoms with Gasteiger partial charge in [-0.1, -0.05) is 11.6 Å². The molecule has 1 aromatic carbocycles. The van der Waals surface area contributed by atoms with Gasteiger partial charge in [0.05, 0.1) is 0 Å². The van der Waals surface area contributed by atoms with Crippen LogP contribution in [0.25, 0.3) is 0 Å². The van der Waals surface area contributed by atoms with E-state index < -0.39 is 0 Å². The van der Waals surface area contributed by atoms with Crippen molar-refractivity contribution in [3.8, 4) is 0 Å². The van der Waals surface area contributed by atoms with Crippen LogP contribution < -0.4 is 10.6 Å². The Morgan fingerprint density at radius 3 is 2.71 bits per heavy atom. The summed E-state index contributed by atoms with van der Waals surface area (Å²) in [4.78, 5) is 16.4. The van der Waals surface area contributed by atoms with E-state index >= 15 is 0 Å². The van der Waals surface area contributed by atoms with Crippen LogP contribution in [0.2, 0.25) is 5.02 Å². The molecule has 1 saturated heterocycles. The zero-order chi connectivity index (χ0) is 14.7. The van der Waals surface area contributed by atoms with Crippen LogP contribution >= 0.6 is 11.6 Å². The van der Waals surface area contributed by atoms with E-state index in [1.54, 1.807) is 24.3 Å². The third kappa shape index (κ3) is 3.43. The van der Waals surface area contributed by atoms with Gasteiger partial charge in [-0.25, -0.2) is 4.98 Å². The number of hydrogen-bond acceptors (Lipinski definition) is 4. The normalized spacial score (nSPS) is 15.9. The van der Waals surface area contributed by atoms with Gasteiger partial charge >= 0.3 is 0 Å². The van der Waals surface area contributed by atoms with Crippen LogP contribution in [0.4, 0.5) is 5.69 Å². The summed E-state index contributed by atoms with van der Waals surface area (Å²) in [5.74, 6) is 0.669. The quantitative estimate of drug-likeness (QED) is 0.914. The maximum absolute atomic E-state index is 12.1. The number of piperidine rings is 1. The Balaban J connectivity index is 1.67. The van der Waals surface area contributed by atoms with E-state index in [1.165, 1.54) is 6.26 Å². The Bertz CT molecular complexity index is 618. The second-order valence-electron chi connectivity index (χ2n) is 5.06. The van der Waals surface area contributed by atoms with Gasteiger partial charge in [-0.2, -0.15) is 0 Å². The van der Waals surface area contributed by atoms with Crippen LogP contribution in [-0.2, 0) is 0 Å². The summed E-state index contributed by atoms with van der Waals surface area (Å²) >= 11 is 5.81. The smallest absolute Gasteiger partial charge is 0.277 e. The lowest BCUT2D eigenvalue weighted by molar-refractivity contribution is 0.102. The van der Waals surface area contributed by atoms with Crippen LogP contribution in [0.3, 0.4) is 0 Å². The van der Waals surface area contributed by atoms with Crippen molar-refractivity contribution in [1.29, 1.82) is 0 Å². The number of nitrogens with zero attached hydrogens (tertiary/aromatic N) is 1. The maximum Gasteiger partial charge on any atom is 0.277 e. The molecule has 110 valence electrons. The summed E-state index contributed by atoms with van der Waals surface area (Å²) in [5, 5.41) is 6.69. The highest BCUT2D eigenvalue weighted by molar-refractivity contribution is 6.30. The Kier molecular flexibility index (Phi) is 4.22. The molecule has 21 heavy (non-hydrogen) atoms. The van der Waals surface area contributed by atoms with E-state index in [2.05, 4.69) is 15.6 Å². The van der Waals surface area contributed by atoms with E-state index in [0.717, 1.165) is 25.9 Å². The molecule has 1 fully saturated rings. The van der Waals surface area contributed by atoms with E-state index in [9.17, 15) is 4.79 Å². The summed E-state index contributed by atoms with van der Waals surface area (Å²) in [6.07, 6.45) is 3.39. The monoisotopic (exact) mass is 305 g/mol. The molecule has 0 bridgehead atoms. The fourth-order valence-corrected chi connectivity index (χ4v) is 2.50. The molecule has 5 nitrogen and oxygen atoms in total. The highest BCUT2D eigenvalue weighted by atomic mass is 35.5. The number of hydrogen-bond donors (Lipinski definition) is 2. The predicted molar refractivity (Wildman–Crippen MR) is 80.8 cm³/mol. The van der Waals surface area contributed by atoms with Crippen molar-refractivity contribution in [2.24, 2.45) is 0 Å². The largest absolute Gasteiger partial charge is 0.448 e. The first-order valence-corrected chi connectivity index (χ1v) is 7.33. The molecule has 6 heteroatoms. The summed E-state index contributed by atoms with van der Waals surface area (Å²) in [6, 6.07) is 6.93. The van der Waals surface area contributed by atoms with E-state index in [1.807, 2.05) is 0 Å². The van der Waals surface area contributed by atoms with Crippen molar-refractivity contribution >= 4 is 23.2 Å². The van der Waals surface area contributed by atoms with Gasteiger partial charge < -0.3 is 15.1 Å². The highest BCUT2D eigenvalue weighted by Crippen LogP contribution is 2.24. The van der Waals surface area contributed by atoms with Crippen molar-refractivity contribution in [2.75, 3.05) is 18.4 Å². The number of carbonyl (C=O) groups excluding carboxylic acids is 1. The van der Waals surface area contributed by atoms with Crippen LogP contribution in [-0.4, -0.2) is 24.0 Å². The number of rotatable bonds is 3.